The first kappa shape index (κ1) is 12.6. The smallest absolute Gasteiger partial charge is 0.228 e. The van der Waals surface area contributed by atoms with E-state index in [1.807, 2.05) is 51.1 Å². The quantitative estimate of drug-likeness (QED) is 0.658. The van der Waals surface area contributed by atoms with Gasteiger partial charge in [0, 0.05) is 17.3 Å². The van der Waals surface area contributed by atoms with Gasteiger partial charge in [-0.1, -0.05) is 23.8 Å². The van der Waals surface area contributed by atoms with Crippen molar-refractivity contribution in [3.8, 4) is 0 Å². The summed E-state index contributed by atoms with van der Waals surface area (Å²) >= 11 is 0. The Balaban J connectivity index is 2.08. The standard InChI is InChI=1S/C17H15NO2/c1-10-4-6-13(11(2)8-10)17(19)16-9-14-15(20-16)7-5-12(3)18-14/h4-9H,1-3H3. The van der Waals surface area contributed by atoms with Crippen LogP contribution in [0, 0.1) is 20.8 Å². The van der Waals surface area contributed by atoms with Crippen LogP contribution in [-0.4, -0.2) is 10.8 Å². The third kappa shape index (κ3) is 2.11. The van der Waals surface area contributed by atoms with Crippen molar-refractivity contribution in [3.63, 3.8) is 0 Å². The van der Waals surface area contributed by atoms with Gasteiger partial charge in [-0.3, -0.25) is 4.79 Å². The monoisotopic (exact) mass is 265 g/mol. The maximum atomic E-state index is 12.5. The molecular weight excluding hydrogens is 250 g/mol. The molecular formula is C17H15NO2. The van der Waals surface area contributed by atoms with Gasteiger partial charge in [-0.05, 0) is 38.5 Å². The fraction of sp³-hybridized carbons (Fsp3) is 0.176. The van der Waals surface area contributed by atoms with E-state index in [0.717, 1.165) is 22.3 Å². The number of rotatable bonds is 2. The summed E-state index contributed by atoms with van der Waals surface area (Å²) in [7, 11) is 0. The molecule has 0 amide bonds. The molecule has 0 aliphatic carbocycles. The number of carbonyl (C=O) groups excluding carboxylic acids is 1. The number of benzene rings is 1. The summed E-state index contributed by atoms with van der Waals surface area (Å²) in [5, 5.41) is 0. The topological polar surface area (TPSA) is 43.1 Å². The molecule has 0 aliphatic rings. The molecule has 1 aromatic carbocycles. The molecule has 0 bridgehead atoms. The van der Waals surface area contributed by atoms with Gasteiger partial charge in [-0.25, -0.2) is 4.98 Å². The van der Waals surface area contributed by atoms with Crippen LogP contribution >= 0.6 is 0 Å². The lowest BCUT2D eigenvalue weighted by Crippen LogP contribution is -2.02. The highest BCUT2D eigenvalue weighted by atomic mass is 16.3. The predicted octanol–water partition coefficient (Wildman–Crippen LogP) is 3.98. The van der Waals surface area contributed by atoms with Gasteiger partial charge in [0.25, 0.3) is 0 Å². The lowest BCUT2D eigenvalue weighted by Gasteiger charge is -2.03. The van der Waals surface area contributed by atoms with Crippen molar-refractivity contribution in [1.29, 1.82) is 0 Å². The Morgan fingerprint density at radius 3 is 2.60 bits per heavy atom. The fourth-order valence-electron chi connectivity index (χ4n) is 2.34. The van der Waals surface area contributed by atoms with E-state index in [9.17, 15) is 4.79 Å². The minimum atomic E-state index is -0.0989. The van der Waals surface area contributed by atoms with E-state index in [2.05, 4.69) is 4.98 Å². The highest BCUT2D eigenvalue weighted by molar-refractivity contribution is 6.09. The number of furan rings is 1. The second-order valence-corrected chi connectivity index (χ2v) is 5.09. The Hall–Kier alpha value is -2.42. The minimum Gasteiger partial charge on any atom is -0.451 e. The summed E-state index contributed by atoms with van der Waals surface area (Å²) in [5.41, 5.74) is 5.04. The normalized spacial score (nSPS) is 10.9. The summed E-state index contributed by atoms with van der Waals surface area (Å²) in [6.07, 6.45) is 0. The van der Waals surface area contributed by atoms with E-state index in [4.69, 9.17) is 4.42 Å². The summed E-state index contributed by atoms with van der Waals surface area (Å²) in [5.74, 6) is 0.239. The third-order valence-corrected chi connectivity index (χ3v) is 3.36. The van der Waals surface area contributed by atoms with Crippen LogP contribution in [0.3, 0.4) is 0 Å². The van der Waals surface area contributed by atoms with Gasteiger partial charge in [0.1, 0.15) is 5.52 Å². The molecule has 3 aromatic rings. The van der Waals surface area contributed by atoms with E-state index in [-0.39, 0.29) is 5.78 Å². The summed E-state index contributed by atoms with van der Waals surface area (Å²) in [6, 6.07) is 11.2. The van der Waals surface area contributed by atoms with Crippen LogP contribution in [0.4, 0.5) is 0 Å². The van der Waals surface area contributed by atoms with Crippen LogP contribution in [0.1, 0.15) is 32.9 Å². The van der Waals surface area contributed by atoms with Crippen LogP contribution in [0.15, 0.2) is 40.8 Å². The molecule has 2 aromatic heterocycles. The molecule has 0 spiro atoms. The van der Waals surface area contributed by atoms with E-state index in [0.29, 0.717) is 16.9 Å². The van der Waals surface area contributed by atoms with Gasteiger partial charge in [0.05, 0.1) is 0 Å². The molecule has 0 radical (unpaired) electrons. The summed E-state index contributed by atoms with van der Waals surface area (Å²) < 4.78 is 5.61. The van der Waals surface area contributed by atoms with Crippen molar-refractivity contribution in [1.82, 2.24) is 4.98 Å². The molecule has 2 heterocycles. The summed E-state index contributed by atoms with van der Waals surface area (Å²) in [4.78, 5) is 16.9. The largest absolute Gasteiger partial charge is 0.451 e. The second-order valence-electron chi connectivity index (χ2n) is 5.09. The molecule has 0 fully saturated rings. The molecule has 100 valence electrons. The molecule has 0 unspecified atom stereocenters. The number of hydrogen-bond acceptors (Lipinski definition) is 3. The first-order valence-electron chi connectivity index (χ1n) is 6.54. The molecule has 0 aliphatic heterocycles. The van der Waals surface area contributed by atoms with Crippen molar-refractivity contribution >= 4 is 16.9 Å². The predicted molar refractivity (Wildman–Crippen MR) is 78.1 cm³/mol. The number of aromatic nitrogens is 1. The number of carbonyl (C=O) groups is 1. The van der Waals surface area contributed by atoms with E-state index >= 15 is 0 Å². The number of aryl methyl sites for hydroxylation is 3. The summed E-state index contributed by atoms with van der Waals surface area (Å²) in [6.45, 7) is 5.86. The minimum absolute atomic E-state index is 0.0989. The number of fused-ring (bicyclic) bond motifs is 1. The van der Waals surface area contributed by atoms with Gasteiger partial charge in [0.2, 0.25) is 5.78 Å². The van der Waals surface area contributed by atoms with Crippen molar-refractivity contribution in [2.45, 2.75) is 20.8 Å². The van der Waals surface area contributed by atoms with Crippen LogP contribution in [-0.2, 0) is 0 Å². The van der Waals surface area contributed by atoms with Crippen LogP contribution in [0.25, 0.3) is 11.1 Å². The fourth-order valence-corrected chi connectivity index (χ4v) is 2.34. The maximum absolute atomic E-state index is 12.5. The first-order valence-corrected chi connectivity index (χ1v) is 6.54. The van der Waals surface area contributed by atoms with Crippen molar-refractivity contribution in [2.75, 3.05) is 0 Å². The molecule has 3 heteroatoms. The number of hydrogen-bond donors (Lipinski definition) is 0. The highest BCUT2D eigenvalue weighted by Crippen LogP contribution is 2.22. The van der Waals surface area contributed by atoms with Gasteiger partial charge in [-0.15, -0.1) is 0 Å². The van der Waals surface area contributed by atoms with Crippen molar-refractivity contribution < 1.29 is 9.21 Å². The molecule has 3 nitrogen and oxygen atoms in total. The maximum Gasteiger partial charge on any atom is 0.228 e. The molecule has 20 heavy (non-hydrogen) atoms. The Bertz CT molecular complexity index is 815. The van der Waals surface area contributed by atoms with Gasteiger partial charge < -0.3 is 4.42 Å². The molecule has 0 atom stereocenters. The van der Waals surface area contributed by atoms with Crippen molar-refractivity contribution in [3.05, 3.63) is 64.5 Å². The van der Waals surface area contributed by atoms with E-state index in [1.165, 1.54) is 0 Å². The zero-order valence-corrected chi connectivity index (χ0v) is 11.7. The van der Waals surface area contributed by atoms with E-state index < -0.39 is 0 Å². The molecule has 0 saturated heterocycles. The Labute approximate surface area is 117 Å². The average Bonchev–Trinajstić information content (AvgIpc) is 2.81. The Morgan fingerprint density at radius 1 is 1.05 bits per heavy atom. The van der Waals surface area contributed by atoms with Crippen LogP contribution in [0.5, 0.6) is 0 Å². The lowest BCUT2D eigenvalue weighted by atomic mass is 10.0. The zero-order valence-electron chi connectivity index (χ0n) is 11.7. The highest BCUT2D eigenvalue weighted by Gasteiger charge is 2.17. The third-order valence-electron chi connectivity index (χ3n) is 3.36. The number of nitrogens with zero attached hydrogens (tertiary/aromatic N) is 1. The zero-order chi connectivity index (χ0) is 14.3. The number of pyridine rings is 1. The average molecular weight is 265 g/mol. The van der Waals surface area contributed by atoms with Gasteiger partial charge >= 0.3 is 0 Å². The van der Waals surface area contributed by atoms with Gasteiger partial charge in [-0.2, -0.15) is 0 Å². The van der Waals surface area contributed by atoms with Gasteiger partial charge in [0.15, 0.2) is 11.3 Å². The lowest BCUT2D eigenvalue weighted by molar-refractivity contribution is 0.101. The second kappa shape index (κ2) is 4.60. The Kier molecular flexibility index (Phi) is 2.90. The SMILES string of the molecule is Cc1ccc(C(=O)c2cc3nc(C)ccc3o2)c(C)c1. The Morgan fingerprint density at radius 2 is 1.85 bits per heavy atom. The molecule has 3 rings (SSSR count). The molecule has 0 N–H and O–H groups in total. The molecule has 0 saturated carbocycles. The van der Waals surface area contributed by atoms with E-state index in [1.54, 1.807) is 6.07 Å². The first-order chi connectivity index (χ1) is 9.54. The van der Waals surface area contributed by atoms with Crippen molar-refractivity contribution in [2.24, 2.45) is 0 Å². The van der Waals surface area contributed by atoms with Crippen LogP contribution < -0.4 is 0 Å². The number of ketones is 1. The van der Waals surface area contributed by atoms with Crippen LogP contribution in [0.2, 0.25) is 0 Å².